The smallest absolute Gasteiger partial charge is 0.311 e. The summed E-state index contributed by atoms with van der Waals surface area (Å²) in [7, 11) is 0. The molecule has 1 saturated heterocycles. The number of aryl methyl sites for hydroxylation is 1. The van der Waals surface area contributed by atoms with Crippen LogP contribution in [0.2, 0.25) is 5.02 Å². The first-order valence-corrected chi connectivity index (χ1v) is 7.77. The number of nitrogens with one attached hydrogen (secondary N) is 1. The molecule has 0 spiro atoms. The maximum absolute atomic E-state index is 11.9. The highest BCUT2D eigenvalue weighted by molar-refractivity contribution is 6.30. The number of amides is 1. The monoisotopic (exact) mass is 341 g/mol. The van der Waals surface area contributed by atoms with E-state index in [0.29, 0.717) is 36.8 Å². The summed E-state index contributed by atoms with van der Waals surface area (Å²) in [5, 5.41) is 12.7. The number of aliphatic carboxylic acids is 1. The Kier molecular flexibility index (Phi) is 5.85. The van der Waals surface area contributed by atoms with Crippen LogP contribution in [0, 0.1) is 12.3 Å². The number of carbonyl (C=O) groups excluding carboxylic acids is 1. The molecule has 2 rings (SSSR count). The van der Waals surface area contributed by atoms with Crippen LogP contribution in [0.15, 0.2) is 18.2 Å². The normalized spacial score (nSPS) is 16.6. The summed E-state index contributed by atoms with van der Waals surface area (Å²) in [5.74, 6) is -0.689. The second-order valence-electron chi connectivity index (χ2n) is 5.67. The third kappa shape index (κ3) is 4.59. The van der Waals surface area contributed by atoms with Gasteiger partial charge in [-0.2, -0.15) is 0 Å². The molecule has 0 aromatic heterocycles. The van der Waals surface area contributed by atoms with Crippen LogP contribution in [0.25, 0.3) is 0 Å². The molecule has 1 heterocycles. The van der Waals surface area contributed by atoms with E-state index in [0.717, 1.165) is 5.56 Å². The van der Waals surface area contributed by atoms with Gasteiger partial charge in [0.25, 0.3) is 5.91 Å². The summed E-state index contributed by atoms with van der Waals surface area (Å²) in [6.07, 6.45) is 0.777. The molecular formula is C16H20ClNO5. The van der Waals surface area contributed by atoms with E-state index in [1.807, 2.05) is 6.92 Å². The lowest BCUT2D eigenvalue weighted by Gasteiger charge is -2.33. The fraction of sp³-hybridized carbons (Fsp3) is 0.500. The van der Waals surface area contributed by atoms with Gasteiger partial charge in [-0.3, -0.25) is 9.59 Å². The Balaban J connectivity index is 1.85. The molecule has 0 bridgehead atoms. The van der Waals surface area contributed by atoms with Crippen molar-refractivity contribution in [3.63, 3.8) is 0 Å². The number of halogens is 1. The average molecular weight is 342 g/mol. The highest BCUT2D eigenvalue weighted by atomic mass is 35.5. The number of rotatable bonds is 6. The molecule has 0 atom stereocenters. The van der Waals surface area contributed by atoms with Crippen molar-refractivity contribution in [2.75, 3.05) is 26.4 Å². The number of carboxylic acid groups (broad SMARTS) is 1. The van der Waals surface area contributed by atoms with E-state index in [4.69, 9.17) is 21.1 Å². The van der Waals surface area contributed by atoms with Crippen LogP contribution in [-0.2, 0) is 14.3 Å². The van der Waals surface area contributed by atoms with E-state index in [2.05, 4.69) is 5.32 Å². The minimum Gasteiger partial charge on any atom is -0.484 e. The van der Waals surface area contributed by atoms with Crippen molar-refractivity contribution in [1.29, 1.82) is 0 Å². The number of carbonyl (C=O) groups is 2. The van der Waals surface area contributed by atoms with Crippen LogP contribution in [0.1, 0.15) is 18.4 Å². The molecule has 6 nitrogen and oxygen atoms in total. The fourth-order valence-electron chi connectivity index (χ4n) is 2.47. The molecule has 1 aliphatic rings. The molecule has 0 unspecified atom stereocenters. The van der Waals surface area contributed by atoms with Crippen molar-refractivity contribution >= 4 is 23.5 Å². The highest BCUT2D eigenvalue weighted by Crippen LogP contribution is 2.30. The number of hydrogen-bond acceptors (Lipinski definition) is 4. The van der Waals surface area contributed by atoms with Gasteiger partial charge in [-0.15, -0.1) is 0 Å². The molecule has 1 fully saturated rings. The van der Waals surface area contributed by atoms with Gasteiger partial charge in [0.15, 0.2) is 6.61 Å². The number of hydrogen-bond donors (Lipinski definition) is 2. The third-order valence-corrected chi connectivity index (χ3v) is 4.26. The Hall–Kier alpha value is -1.79. The zero-order valence-electron chi connectivity index (χ0n) is 12.9. The molecular weight excluding hydrogens is 322 g/mol. The lowest BCUT2D eigenvalue weighted by atomic mass is 9.80. The van der Waals surface area contributed by atoms with Gasteiger partial charge in [0, 0.05) is 24.8 Å². The van der Waals surface area contributed by atoms with Crippen LogP contribution in [0.3, 0.4) is 0 Å². The molecule has 2 N–H and O–H groups in total. The van der Waals surface area contributed by atoms with Crippen LogP contribution in [0.4, 0.5) is 0 Å². The predicted octanol–water partition coefficient (Wildman–Crippen LogP) is 2.02. The third-order valence-electron chi connectivity index (χ3n) is 4.02. The molecule has 7 heteroatoms. The Bertz CT molecular complexity index is 584. The van der Waals surface area contributed by atoms with E-state index < -0.39 is 11.4 Å². The first-order valence-electron chi connectivity index (χ1n) is 7.40. The molecule has 1 aromatic carbocycles. The fourth-order valence-corrected chi connectivity index (χ4v) is 2.69. The van der Waals surface area contributed by atoms with E-state index in [-0.39, 0.29) is 19.1 Å². The van der Waals surface area contributed by atoms with E-state index in [9.17, 15) is 14.7 Å². The lowest BCUT2D eigenvalue weighted by Crippen LogP contribution is -2.47. The van der Waals surface area contributed by atoms with Gasteiger partial charge in [-0.1, -0.05) is 11.6 Å². The van der Waals surface area contributed by atoms with Crippen LogP contribution >= 0.6 is 11.6 Å². The zero-order valence-corrected chi connectivity index (χ0v) is 13.7. The molecule has 0 aliphatic carbocycles. The van der Waals surface area contributed by atoms with Crippen molar-refractivity contribution in [1.82, 2.24) is 5.32 Å². The van der Waals surface area contributed by atoms with Gasteiger partial charge < -0.3 is 19.9 Å². The quantitative estimate of drug-likeness (QED) is 0.827. The van der Waals surface area contributed by atoms with Gasteiger partial charge in [0.05, 0.1) is 5.41 Å². The molecule has 1 aliphatic heterocycles. The van der Waals surface area contributed by atoms with Gasteiger partial charge in [-0.25, -0.2) is 0 Å². The van der Waals surface area contributed by atoms with E-state index in [1.54, 1.807) is 18.2 Å². The maximum Gasteiger partial charge on any atom is 0.311 e. The predicted molar refractivity (Wildman–Crippen MR) is 84.8 cm³/mol. The summed E-state index contributed by atoms with van der Waals surface area (Å²) >= 11 is 5.86. The second-order valence-corrected chi connectivity index (χ2v) is 6.11. The Morgan fingerprint density at radius 3 is 2.70 bits per heavy atom. The van der Waals surface area contributed by atoms with Gasteiger partial charge in [0.1, 0.15) is 5.75 Å². The van der Waals surface area contributed by atoms with Crippen molar-refractivity contribution < 1.29 is 24.2 Å². The largest absolute Gasteiger partial charge is 0.484 e. The average Bonchev–Trinajstić information content (AvgIpc) is 2.53. The van der Waals surface area contributed by atoms with Gasteiger partial charge in [0.2, 0.25) is 0 Å². The summed E-state index contributed by atoms with van der Waals surface area (Å²) in [4.78, 5) is 23.4. The molecule has 0 saturated carbocycles. The molecule has 23 heavy (non-hydrogen) atoms. The SMILES string of the molecule is Cc1cc(Cl)ccc1OCC(=O)NCC1(C(=O)O)CCOCC1. The maximum atomic E-state index is 11.9. The zero-order chi connectivity index (χ0) is 16.9. The van der Waals surface area contributed by atoms with Crippen molar-refractivity contribution in [3.8, 4) is 5.75 Å². The van der Waals surface area contributed by atoms with Gasteiger partial charge in [-0.05, 0) is 43.5 Å². The molecule has 126 valence electrons. The molecule has 1 aromatic rings. The van der Waals surface area contributed by atoms with Crippen LogP contribution in [-0.4, -0.2) is 43.3 Å². The van der Waals surface area contributed by atoms with Crippen LogP contribution in [0.5, 0.6) is 5.75 Å². The standard InChI is InChI=1S/C16H20ClNO5/c1-11-8-12(17)2-3-13(11)23-9-14(19)18-10-16(15(20)21)4-6-22-7-5-16/h2-3,8H,4-7,9-10H2,1H3,(H,18,19)(H,20,21). The minimum atomic E-state index is -0.954. The number of benzene rings is 1. The first kappa shape index (κ1) is 17.6. The van der Waals surface area contributed by atoms with Gasteiger partial charge >= 0.3 is 5.97 Å². The summed E-state index contributed by atoms with van der Waals surface area (Å²) < 4.78 is 10.6. The molecule has 1 amide bonds. The van der Waals surface area contributed by atoms with Crippen LogP contribution < -0.4 is 10.1 Å². The number of ether oxygens (including phenoxy) is 2. The lowest BCUT2D eigenvalue weighted by molar-refractivity contribution is -0.154. The van der Waals surface area contributed by atoms with Crippen molar-refractivity contribution in [3.05, 3.63) is 28.8 Å². The van der Waals surface area contributed by atoms with Crippen molar-refractivity contribution in [2.45, 2.75) is 19.8 Å². The molecule has 0 radical (unpaired) electrons. The topological polar surface area (TPSA) is 84.9 Å². The minimum absolute atomic E-state index is 0.0769. The summed E-state index contributed by atoms with van der Waals surface area (Å²) in [6.45, 7) is 2.52. The van der Waals surface area contributed by atoms with E-state index in [1.165, 1.54) is 0 Å². The Morgan fingerprint density at radius 1 is 1.39 bits per heavy atom. The first-order chi connectivity index (χ1) is 10.9. The highest BCUT2D eigenvalue weighted by Gasteiger charge is 2.40. The Labute approximate surface area is 139 Å². The second kappa shape index (κ2) is 7.66. The van der Waals surface area contributed by atoms with E-state index >= 15 is 0 Å². The summed E-state index contributed by atoms with van der Waals surface area (Å²) in [6, 6.07) is 5.13. The number of carboxylic acids is 1. The summed E-state index contributed by atoms with van der Waals surface area (Å²) in [5.41, 5.74) is -0.124. The van der Waals surface area contributed by atoms with Crippen molar-refractivity contribution in [2.24, 2.45) is 5.41 Å². The Morgan fingerprint density at radius 2 is 2.09 bits per heavy atom.